The van der Waals surface area contributed by atoms with E-state index < -0.39 is 5.60 Å². The highest BCUT2D eigenvalue weighted by Gasteiger charge is 2.32. The summed E-state index contributed by atoms with van der Waals surface area (Å²) in [6.45, 7) is 3.32. The molecule has 0 saturated carbocycles. The average Bonchev–Trinajstić information content (AvgIpc) is 2.78. The van der Waals surface area contributed by atoms with Crippen molar-refractivity contribution in [3.8, 4) is 0 Å². The topological polar surface area (TPSA) is 41.3 Å². The van der Waals surface area contributed by atoms with Gasteiger partial charge in [0.2, 0.25) is 0 Å². The third-order valence-corrected chi connectivity index (χ3v) is 4.25. The van der Waals surface area contributed by atoms with Crippen molar-refractivity contribution < 1.29 is 5.11 Å². The van der Waals surface area contributed by atoms with Gasteiger partial charge in [-0.2, -0.15) is 5.10 Å². The lowest BCUT2D eigenvalue weighted by atomic mass is 9.92. The lowest BCUT2D eigenvalue weighted by molar-refractivity contribution is 0.0901. The molecule has 0 fully saturated rings. The third kappa shape index (κ3) is 3.66. The minimum absolute atomic E-state index is 0.648. The monoisotopic (exact) mass is 371 g/mol. The molecule has 0 aliphatic heterocycles. The zero-order valence-electron chi connectivity index (χ0n) is 12.3. The maximum atomic E-state index is 11.0. The number of rotatable bonds is 5. The van der Waals surface area contributed by atoms with Crippen molar-refractivity contribution in [3.05, 3.63) is 51.2 Å². The van der Waals surface area contributed by atoms with Crippen molar-refractivity contribution in [3.63, 3.8) is 0 Å². The standard InChI is InChI=1S/C15H19BrClN3O/c1-15(21,11-4-6-12(17)7-5-11)14-13(16)10-18-20(14)9-8-19(2)3/h4-7,10,21H,8-9H2,1-3H3. The fourth-order valence-corrected chi connectivity index (χ4v) is 3.03. The van der Waals surface area contributed by atoms with Gasteiger partial charge in [0.15, 0.2) is 0 Å². The van der Waals surface area contributed by atoms with Crippen LogP contribution in [0.15, 0.2) is 34.9 Å². The molecule has 1 aromatic heterocycles. The second-order valence-corrected chi connectivity index (χ2v) is 6.74. The molecule has 0 amide bonds. The van der Waals surface area contributed by atoms with Gasteiger partial charge in [-0.15, -0.1) is 0 Å². The van der Waals surface area contributed by atoms with E-state index in [0.29, 0.717) is 11.6 Å². The Hall–Kier alpha value is -0.880. The predicted octanol–water partition coefficient (Wildman–Crippen LogP) is 3.12. The van der Waals surface area contributed by atoms with Crippen molar-refractivity contribution in [1.82, 2.24) is 14.7 Å². The number of likely N-dealkylation sites (N-methyl/N-ethyl adjacent to an activating group) is 1. The minimum atomic E-state index is -1.15. The summed E-state index contributed by atoms with van der Waals surface area (Å²) in [7, 11) is 4.02. The van der Waals surface area contributed by atoms with Gasteiger partial charge in [0, 0.05) is 11.6 Å². The molecule has 1 unspecified atom stereocenters. The Labute approximate surface area is 138 Å². The number of nitrogens with zero attached hydrogens (tertiary/aromatic N) is 3. The molecule has 1 atom stereocenters. The van der Waals surface area contributed by atoms with Crippen LogP contribution in [-0.2, 0) is 12.1 Å². The quantitative estimate of drug-likeness (QED) is 0.877. The molecule has 21 heavy (non-hydrogen) atoms. The van der Waals surface area contributed by atoms with Crippen LogP contribution in [-0.4, -0.2) is 40.4 Å². The van der Waals surface area contributed by atoms with Crippen molar-refractivity contribution in [2.75, 3.05) is 20.6 Å². The van der Waals surface area contributed by atoms with Crippen LogP contribution in [0.2, 0.25) is 5.02 Å². The van der Waals surface area contributed by atoms with Crippen molar-refractivity contribution in [2.45, 2.75) is 19.1 Å². The Morgan fingerprint density at radius 1 is 1.33 bits per heavy atom. The molecule has 4 nitrogen and oxygen atoms in total. The Balaban J connectivity index is 2.39. The van der Waals surface area contributed by atoms with Gasteiger partial charge in [0.25, 0.3) is 0 Å². The van der Waals surface area contributed by atoms with Crippen LogP contribution in [0.5, 0.6) is 0 Å². The highest BCUT2D eigenvalue weighted by Crippen LogP contribution is 2.34. The van der Waals surface area contributed by atoms with Gasteiger partial charge >= 0.3 is 0 Å². The number of hydrogen-bond acceptors (Lipinski definition) is 3. The first-order valence-electron chi connectivity index (χ1n) is 6.67. The molecular weight excluding hydrogens is 354 g/mol. The van der Waals surface area contributed by atoms with Gasteiger partial charge in [-0.3, -0.25) is 4.68 Å². The van der Waals surface area contributed by atoms with Crippen LogP contribution < -0.4 is 0 Å². The van der Waals surface area contributed by atoms with Gasteiger partial charge in [-0.25, -0.2) is 0 Å². The van der Waals surface area contributed by atoms with Crippen LogP contribution in [0.3, 0.4) is 0 Å². The van der Waals surface area contributed by atoms with E-state index in [-0.39, 0.29) is 0 Å². The lowest BCUT2D eigenvalue weighted by Gasteiger charge is -2.26. The van der Waals surface area contributed by atoms with Crippen LogP contribution >= 0.6 is 27.5 Å². The number of halogens is 2. The van der Waals surface area contributed by atoms with Crippen molar-refractivity contribution >= 4 is 27.5 Å². The fourth-order valence-electron chi connectivity index (χ4n) is 2.22. The second-order valence-electron chi connectivity index (χ2n) is 5.45. The molecule has 2 rings (SSSR count). The number of benzene rings is 1. The Kier molecular flexibility index (Phi) is 5.09. The molecule has 0 spiro atoms. The third-order valence-electron chi connectivity index (χ3n) is 3.42. The van der Waals surface area contributed by atoms with E-state index in [1.165, 1.54) is 0 Å². The second kappa shape index (κ2) is 6.48. The Bertz CT molecular complexity index is 608. The average molecular weight is 373 g/mol. The van der Waals surface area contributed by atoms with Crippen LogP contribution in [0.4, 0.5) is 0 Å². The van der Waals surface area contributed by atoms with E-state index in [1.54, 1.807) is 25.3 Å². The summed E-state index contributed by atoms with van der Waals surface area (Å²) in [5.41, 5.74) is 0.373. The maximum Gasteiger partial charge on any atom is 0.129 e. The van der Waals surface area contributed by atoms with E-state index in [4.69, 9.17) is 11.6 Å². The lowest BCUT2D eigenvalue weighted by Crippen LogP contribution is -2.29. The molecule has 6 heteroatoms. The molecule has 1 N–H and O–H groups in total. The summed E-state index contributed by atoms with van der Waals surface area (Å²) in [6, 6.07) is 7.22. The van der Waals surface area contributed by atoms with Crippen LogP contribution in [0.25, 0.3) is 0 Å². The zero-order valence-corrected chi connectivity index (χ0v) is 14.7. The molecule has 1 heterocycles. The molecule has 0 saturated heterocycles. The van der Waals surface area contributed by atoms with Gasteiger partial charge in [0.05, 0.1) is 22.9 Å². The first-order valence-corrected chi connectivity index (χ1v) is 7.84. The van der Waals surface area contributed by atoms with Gasteiger partial charge in [-0.1, -0.05) is 23.7 Å². The van der Waals surface area contributed by atoms with Gasteiger partial charge in [0.1, 0.15) is 5.60 Å². The zero-order chi connectivity index (χ0) is 15.6. The highest BCUT2D eigenvalue weighted by molar-refractivity contribution is 9.10. The van der Waals surface area contributed by atoms with E-state index in [1.807, 2.05) is 30.9 Å². The summed E-state index contributed by atoms with van der Waals surface area (Å²) in [4.78, 5) is 2.08. The first-order chi connectivity index (χ1) is 9.82. The van der Waals surface area contributed by atoms with E-state index in [2.05, 4.69) is 25.9 Å². The molecule has 0 radical (unpaired) electrons. The minimum Gasteiger partial charge on any atom is -0.379 e. The number of hydrogen-bond donors (Lipinski definition) is 1. The van der Waals surface area contributed by atoms with Gasteiger partial charge < -0.3 is 10.0 Å². The normalized spacial score (nSPS) is 14.4. The van der Waals surface area contributed by atoms with Crippen molar-refractivity contribution in [2.24, 2.45) is 0 Å². The van der Waals surface area contributed by atoms with E-state index in [9.17, 15) is 5.11 Å². The first kappa shape index (κ1) is 16.5. The van der Waals surface area contributed by atoms with Gasteiger partial charge in [-0.05, 0) is 54.6 Å². The van der Waals surface area contributed by atoms with Crippen molar-refractivity contribution in [1.29, 1.82) is 0 Å². The van der Waals surface area contributed by atoms with Crippen LogP contribution in [0, 0.1) is 0 Å². The molecular formula is C15H19BrClN3O. The molecule has 0 aliphatic rings. The van der Waals surface area contributed by atoms with Crippen LogP contribution in [0.1, 0.15) is 18.2 Å². The van der Waals surface area contributed by atoms with E-state index >= 15 is 0 Å². The molecule has 0 aliphatic carbocycles. The molecule has 2 aromatic rings. The summed E-state index contributed by atoms with van der Waals surface area (Å²) in [6.07, 6.45) is 1.72. The number of aliphatic hydroxyl groups is 1. The summed E-state index contributed by atoms with van der Waals surface area (Å²) in [5, 5.41) is 16.0. The summed E-state index contributed by atoms with van der Waals surface area (Å²) >= 11 is 9.41. The summed E-state index contributed by atoms with van der Waals surface area (Å²) in [5.74, 6) is 0. The molecule has 0 bridgehead atoms. The largest absolute Gasteiger partial charge is 0.379 e. The predicted molar refractivity (Wildman–Crippen MR) is 88.6 cm³/mol. The van der Waals surface area contributed by atoms with E-state index in [0.717, 1.165) is 22.3 Å². The molecule has 1 aromatic carbocycles. The Morgan fingerprint density at radius 3 is 2.52 bits per heavy atom. The smallest absolute Gasteiger partial charge is 0.129 e. The summed E-state index contributed by atoms with van der Waals surface area (Å²) < 4.78 is 2.62. The maximum absolute atomic E-state index is 11.0. The number of aromatic nitrogens is 2. The fraction of sp³-hybridized carbons (Fsp3) is 0.400. The highest BCUT2D eigenvalue weighted by atomic mass is 79.9. The Morgan fingerprint density at radius 2 is 1.95 bits per heavy atom. The SMILES string of the molecule is CN(C)CCn1ncc(Br)c1C(C)(O)c1ccc(Cl)cc1. The molecule has 114 valence electrons.